The highest BCUT2D eigenvalue weighted by atomic mass is 32.1. The summed E-state index contributed by atoms with van der Waals surface area (Å²) in [5.74, 6) is 0. The number of ether oxygens (including phenoxy) is 1. The fraction of sp³-hybridized carbons (Fsp3) is 0.579. The predicted molar refractivity (Wildman–Crippen MR) is 101 cm³/mol. The summed E-state index contributed by atoms with van der Waals surface area (Å²) < 4.78 is 6.10. The molecule has 6 heteroatoms. The lowest BCUT2D eigenvalue weighted by molar-refractivity contribution is -0.0130. The third-order valence-electron chi connectivity index (χ3n) is 4.95. The maximum atomic E-state index is 6.10. The van der Waals surface area contributed by atoms with E-state index in [9.17, 15) is 0 Å². The third kappa shape index (κ3) is 4.57. The third-order valence-corrected chi connectivity index (χ3v) is 6.00. The summed E-state index contributed by atoms with van der Waals surface area (Å²) in [7, 11) is 0. The van der Waals surface area contributed by atoms with Gasteiger partial charge in [0.1, 0.15) is 0 Å². The highest BCUT2D eigenvalue weighted by Gasteiger charge is 2.22. The van der Waals surface area contributed by atoms with Crippen LogP contribution in [0.3, 0.4) is 0 Å². The number of hydrogen-bond donors (Lipinski definition) is 0. The number of thiazole rings is 1. The van der Waals surface area contributed by atoms with Crippen LogP contribution in [0.1, 0.15) is 36.3 Å². The number of hydrogen-bond acceptors (Lipinski definition) is 6. The zero-order valence-corrected chi connectivity index (χ0v) is 15.5. The first kappa shape index (κ1) is 16.9. The Morgan fingerprint density at radius 3 is 2.88 bits per heavy atom. The summed E-state index contributed by atoms with van der Waals surface area (Å²) in [5, 5.41) is 1.20. The number of piperidine rings is 1. The average molecular weight is 359 g/mol. The minimum absolute atomic E-state index is 0.307. The molecule has 0 radical (unpaired) electrons. The Hall–Kier alpha value is -1.50. The second-order valence-corrected chi connectivity index (χ2v) is 8.03. The minimum Gasteiger partial charge on any atom is -0.371 e. The van der Waals surface area contributed by atoms with Crippen molar-refractivity contribution in [3.8, 4) is 0 Å². The summed E-state index contributed by atoms with van der Waals surface area (Å²) in [6.07, 6.45) is 9.15. The lowest BCUT2D eigenvalue weighted by Gasteiger charge is -2.32. The Bertz CT molecular complexity index is 656. The molecule has 25 heavy (non-hydrogen) atoms. The molecule has 0 N–H and O–H groups in total. The molecule has 5 nitrogen and oxygen atoms in total. The monoisotopic (exact) mass is 358 g/mol. The smallest absolute Gasteiger partial charge is 0.185 e. The molecular formula is C19H26N4OS. The van der Waals surface area contributed by atoms with E-state index >= 15 is 0 Å². The number of likely N-dealkylation sites (tertiary alicyclic amines) is 1. The van der Waals surface area contributed by atoms with Crippen LogP contribution < -0.4 is 4.90 Å². The summed E-state index contributed by atoms with van der Waals surface area (Å²) in [6.45, 7) is 6.10. The molecule has 0 spiro atoms. The molecule has 0 aromatic carbocycles. The lowest BCUT2D eigenvalue weighted by atomic mass is 10.1. The molecule has 0 bridgehead atoms. The molecule has 0 unspecified atom stereocenters. The van der Waals surface area contributed by atoms with Gasteiger partial charge >= 0.3 is 0 Å². The molecule has 4 rings (SSSR count). The molecule has 0 amide bonds. The van der Waals surface area contributed by atoms with Gasteiger partial charge in [0, 0.05) is 43.4 Å². The number of rotatable bonds is 6. The van der Waals surface area contributed by atoms with Crippen LogP contribution in [0.4, 0.5) is 5.13 Å². The first-order valence-corrected chi connectivity index (χ1v) is 10.1. The molecule has 4 heterocycles. The van der Waals surface area contributed by atoms with Gasteiger partial charge in [-0.2, -0.15) is 0 Å². The first-order valence-electron chi connectivity index (χ1n) is 9.30. The van der Waals surface area contributed by atoms with E-state index in [1.54, 1.807) is 0 Å². The van der Waals surface area contributed by atoms with E-state index in [-0.39, 0.29) is 0 Å². The summed E-state index contributed by atoms with van der Waals surface area (Å²) in [5.41, 5.74) is 1.01. The molecule has 0 aliphatic carbocycles. The molecule has 2 aliphatic rings. The number of pyridine rings is 1. The normalized spacial score (nSPS) is 21.8. The van der Waals surface area contributed by atoms with Crippen LogP contribution in [-0.4, -0.2) is 47.2 Å². The Kier molecular flexibility index (Phi) is 5.59. The van der Waals surface area contributed by atoms with E-state index in [1.807, 2.05) is 35.7 Å². The largest absolute Gasteiger partial charge is 0.371 e. The molecular weight excluding hydrogens is 332 g/mol. The first-order chi connectivity index (χ1) is 12.4. The topological polar surface area (TPSA) is 41.5 Å². The fourth-order valence-electron chi connectivity index (χ4n) is 3.62. The zero-order chi connectivity index (χ0) is 16.9. The fourth-order valence-corrected chi connectivity index (χ4v) is 4.63. The van der Waals surface area contributed by atoms with Gasteiger partial charge in [-0.1, -0.05) is 6.07 Å². The van der Waals surface area contributed by atoms with Crippen molar-refractivity contribution in [3.05, 3.63) is 41.2 Å². The highest BCUT2D eigenvalue weighted by Crippen LogP contribution is 2.27. The molecule has 2 aromatic rings. The van der Waals surface area contributed by atoms with Crippen LogP contribution in [0.5, 0.6) is 0 Å². The number of nitrogens with zero attached hydrogens (tertiary/aromatic N) is 4. The number of anilines is 1. The molecule has 2 aliphatic heterocycles. The SMILES string of the molecule is c1ccc(CO[C@H]2CCCN(Cc3cnc(N4CCCC4)s3)C2)nc1. The van der Waals surface area contributed by atoms with E-state index in [0.29, 0.717) is 12.7 Å². The highest BCUT2D eigenvalue weighted by molar-refractivity contribution is 7.15. The Morgan fingerprint density at radius 2 is 2.04 bits per heavy atom. The Labute approximate surface area is 153 Å². The predicted octanol–water partition coefficient (Wildman–Crippen LogP) is 3.32. The van der Waals surface area contributed by atoms with Crippen molar-refractivity contribution >= 4 is 16.5 Å². The van der Waals surface area contributed by atoms with Gasteiger partial charge in [-0.25, -0.2) is 4.98 Å². The van der Waals surface area contributed by atoms with Crippen molar-refractivity contribution in [2.24, 2.45) is 0 Å². The summed E-state index contributed by atoms with van der Waals surface area (Å²) >= 11 is 1.86. The Balaban J connectivity index is 1.28. The zero-order valence-electron chi connectivity index (χ0n) is 14.6. The standard InChI is InChI=1S/C19H26N4OS/c1-2-8-20-16(6-1)15-24-17-7-5-9-22(13-17)14-18-12-21-19(25-18)23-10-3-4-11-23/h1-2,6,8,12,17H,3-5,7,9-11,13-15H2/t17-/m0/s1. The average Bonchev–Trinajstić information content (AvgIpc) is 3.33. The minimum atomic E-state index is 0.307. The van der Waals surface area contributed by atoms with Crippen molar-refractivity contribution in [2.75, 3.05) is 31.1 Å². The van der Waals surface area contributed by atoms with Gasteiger partial charge in [0.05, 0.1) is 18.4 Å². The maximum Gasteiger partial charge on any atom is 0.185 e. The van der Waals surface area contributed by atoms with Crippen LogP contribution in [0, 0.1) is 0 Å². The van der Waals surface area contributed by atoms with Crippen LogP contribution in [0.15, 0.2) is 30.6 Å². The van der Waals surface area contributed by atoms with Crippen molar-refractivity contribution in [2.45, 2.75) is 44.9 Å². The van der Waals surface area contributed by atoms with Crippen LogP contribution >= 0.6 is 11.3 Å². The maximum absolute atomic E-state index is 6.10. The Morgan fingerprint density at radius 1 is 1.12 bits per heavy atom. The van der Waals surface area contributed by atoms with Crippen molar-refractivity contribution in [3.63, 3.8) is 0 Å². The van der Waals surface area contributed by atoms with Crippen LogP contribution in [-0.2, 0) is 17.9 Å². The van der Waals surface area contributed by atoms with Crippen LogP contribution in [0.25, 0.3) is 0 Å². The van der Waals surface area contributed by atoms with Crippen molar-refractivity contribution in [1.29, 1.82) is 0 Å². The molecule has 2 aromatic heterocycles. The molecule has 0 saturated carbocycles. The molecule has 134 valence electrons. The van der Waals surface area contributed by atoms with Crippen molar-refractivity contribution in [1.82, 2.24) is 14.9 Å². The number of aromatic nitrogens is 2. The van der Waals surface area contributed by atoms with Gasteiger partial charge < -0.3 is 9.64 Å². The molecule has 1 atom stereocenters. The van der Waals surface area contributed by atoms with Crippen LogP contribution in [0.2, 0.25) is 0 Å². The van der Waals surface area contributed by atoms with Gasteiger partial charge in [0.2, 0.25) is 0 Å². The van der Waals surface area contributed by atoms with E-state index in [2.05, 4.69) is 26.0 Å². The van der Waals surface area contributed by atoms with Gasteiger partial charge in [0.25, 0.3) is 0 Å². The summed E-state index contributed by atoms with van der Waals surface area (Å²) in [6, 6.07) is 5.98. The van der Waals surface area contributed by atoms with Crippen molar-refractivity contribution < 1.29 is 4.74 Å². The van der Waals surface area contributed by atoms with Gasteiger partial charge in [-0.3, -0.25) is 9.88 Å². The van der Waals surface area contributed by atoms with E-state index in [1.165, 1.54) is 42.4 Å². The van der Waals surface area contributed by atoms with E-state index < -0.39 is 0 Å². The summed E-state index contributed by atoms with van der Waals surface area (Å²) in [4.78, 5) is 15.3. The van der Waals surface area contributed by atoms with Gasteiger partial charge in [-0.15, -0.1) is 11.3 Å². The van der Waals surface area contributed by atoms with Gasteiger partial charge in [0.15, 0.2) is 5.13 Å². The quantitative estimate of drug-likeness (QED) is 0.792. The molecule has 2 saturated heterocycles. The van der Waals surface area contributed by atoms with E-state index in [0.717, 1.165) is 31.7 Å². The van der Waals surface area contributed by atoms with Gasteiger partial charge in [-0.05, 0) is 44.4 Å². The lowest BCUT2D eigenvalue weighted by Crippen LogP contribution is -2.39. The second kappa shape index (κ2) is 8.25. The molecule has 2 fully saturated rings. The second-order valence-electron chi connectivity index (χ2n) is 6.93. The van der Waals surface area contributed by atoms with E-state index in [4.69, 9.17) is 4.74 Å².